The van der Waals surface area contributed by atoms with Crippen LogP contribution in [0.1, 0.15) is 46.0 Å². The van der Waals surface area contributed by atoms with Gasteiger partial charge in [0.25, 0.3) is 0 Å². The predicted octanol–water partition coefficient (Wildman–Crippen LogP) is 1.63. The SMILES string of the molecule is C=CCCCOC(=O)[C@@H]1[C@H]2C(=O)N(CCCCO)C(C(=O)N(CC=C)CCN3CCOCC3)C23CC(C)[C@@]1(C)O3. The van der Waals surface area contributed by atoms with Crippen LogP contribution in [0.25, 0.3) is 0 Å². The number of aliphatic hydroxyl groups is 1. The Morgan fingerprint density at radius 2 is 1.93 bits per heavy atom. The first kappa shape index (κ1) is 30.7. The number of hydrogen-bond acceptors (Lipinski definition) is 8. The fourth-order valence-electron chi connectivity index (χ4n) is 7.21. The first-order chi connectivity index (χ1) is 19.2. The minimum atomic E-state index is -1.11. The Morgan fingerprint density at radius 1 is 1.18 bits per heavy atom. The van der Waals surface area contributed by atoms with E-state index < -0.39 is 35.0 Å². The van der Waals surface area contributed by atoms with E-state index in [-0.39, 0.29) is 30.9 Å². The number of allylic oxidation sites excluding steroid dienone is 1. The van der Waals surface area contributed by atoms with E-state index >= 15 is 0 Å². The molecule has 0 aromatic rings. The van der Waals surface area contributed by atoms with Crippen molar-refractivity contribution in [3.63, 3.8) is 0 Å². The molecule has 3 unspecified atom stereocenters. The van der Waals surface area contributed by atoms with Gasteiger partial charge in [0.15, 0.2) is 0 Å². The van der Waals surface area contributed by atoms with Crippen LogP contribution in [0.4, 0.5) is 0 Å². The Bertz CT molecular complexity index is 954. The number of nitrogens with zero attached hydrogens (tertiary/aromatic N) is 3. The third-order valence-electron chi connectivity index (χ3n) is 9.36. The van der Waals surface area contributed by atoms with Crippen LogP contribution in [-0.4, -0.2) is 121 Å². The molecule has 0 aromatic heterocycles. The van der Waals surface area contributed by atoms with E-state index in [1.54, 1.807) is 22.0 Å². The number of carbonyl (C=O) groups is 3. The topological polar surface area (TPSA) is 109 Å². The van der Waals surface area contributed by atoms with Gasteiger partial charge in [-0.3, -0.25) is 19.3 Å². The molecule has 4 rings (SSSR count). The minimum Gasteiger partial charge on any atom is -0.465 e. The first-order valence-electron chi connectivity index (χ1n) is 14.8. The fourth-order valence-corrected chi connectivity index (χ4v) is 7.21. The Morgan fingerprint density at radius 3 is 2.60 bits per heavy atom. The van der Waals surface area contributed by atoms with E-state index in [2.05, 4.69) is 18.1 Å². The number of rotatable bonds is 15. The molecule has 1 N–H and O–H groups in total. The van der Waals surface area contributed by atoms with Crippen molar-refractivity contribution in [2.45, 2.75) is 63.2 Å². The van der Waals surface area contributed by atoms with Crippen LogP contribution in [0.5, 0.6) is 0 Å². The highest BCUT2D eigenvalue weighted by atomic mass is 16.6. The summed E-state index contributed by atoms with van der Waals surface area (Å²) in [6, 6.07) is -0.851. The Hall–Kier alpha value is -2.27. The molecule has 2 amide bonds. The average molecular weight is 562 g/mol. The Labute approximate surface area is 238 Å². The Kier molecular flexibility index (Phi) is 10.1. The van der Waals surface area contributed by atoms with Crippen LogP contribution in [0.2, 0.25) is 0 Å². The van der Waals surface area contributed by atoms with Gasteiger partial charge in [0, 0.05) is 45.9 Å². The molecule has 0 saturated carbocycles. The quantitative estimate of drug-likeness (QED) is 0.183. The second-order valence-electron chi connectivity index (χ2n) is 11.8. The van der Waals surface area contributed by atoms with Gasteiger partial charge in [0.2, 0.25) is 11.8 Å². The number of amides is 2. The van der Waals surface area contributed by atoms with E-state index in [4.69, 9.17) is 14.2 Å². The van der Waals surface area contributed by atoms with Gasteiger partial charge in [-0.15, -0.1) is 13.2 Å². The average Bonchev–Trinajstić information content (AvgIpc) is 3.46. The van der Waals surface area contributed by atoms with Gasteiger partial charge in [-0.05, 0) is 44.9 Å². The highest BCUT2D eigenvalue weighted by Crippen LogP contribution is 2.65. The molecule has 0 aliphatic carbocycles. The van der Waals surface area contributed by atoms with Crippen molar-refractivity contribution in [1.29, 1.82) is 0 Å². The van der Waals surface area contributed by atoms with E-state index in [9.17, 15) is 19.5 Å². The van der Waals surface area contributed by atoms with Crippen molar-refractivity contribution in [1.82, 2.24) is 14.7 Å². The van der Waals surface area contributed by atoms with Crippen molar-refractivity contribution in [2.75, 3.05) is 65.7 Å². The third kappa shape index (κ3) is 5.60. The first-order valence-corrected chi connectivity index (χ1v) is 14.8. The molecule has 40 heavy (non-hydrogen) atoms. The number of carbonyl (C=O) groups excluding carboxylic acids is 3. The number of hydrogen-bond donors (Lipinski definition) is 1. The van der Waals surface area contributed by atoms with Crippen LogP contribution in [0, 0.1) is 17.8 Å². The summed E-state index contributed by atoms with van der Waals surface area (Å²) in [6.07, 6.45) is 6.45. The summed E-state index contributed by atoms with van der Waals surface area (Å²) in [7, 11) is 0. The number of morpholine rings is 1. The lowest BCUT2D eigenvalue weighted by Gasteiger charge is -2.38. The van der Waals surface area contributed by atoms with Crippen LogP contribution in [-0.2, 0) is 28.6 Å². The molecule has 1 spiro atoms. The van der Waals surface area contributed by atoms with Gasteiger partial charge < -0.3 is 29.1 Å². The van der Waals surface area contributed by atoms with E-state index in [1.807, 2.05) is 13.8 Å². The number of fused-ring (bicyclic) bond motifs is 1. The molecular weight excluding hydrogens is 514 g/mol. The molecule has 4 aliphatic rings. The largest absolute Gasteiger partial charge is 0.465 e. The number of ether oxygens (including phenoxy) is 3. The summed E-state index contributed by atoms with van der Waals surface area (Å²) >= 11 is 0. The summed E-state index contributed by atoms with van der Waals surface area (Å²) in [6.45, 7) is 16.6. The number of aliphatic hydroxyl groups excluding tert-OH is 1. The third-order valence-corrected chi connectivity index (χ3v) is 9.36. The van der Waals surface area contributed by atoms with E-state index in [0.717, 1.165) is 19.5 Å². The zero-order valence-corrected chi connectivity index (χ0v) is 24.2. The summed E-state index contributed by atoms with van der Waals surface area (Å²) in [5, 5.41) is 9.41. The van der Waals surface area contributed by atoms with Crippen LogP contribution >= 0.6 is 0 Å². The molecule has 4 heterocycles. The van der Waals surface area contributed by atoms with E-state index in [0.29, 0.717) is 65.1 Å². The van der Waals surface area contributed by atoms with Crippen LogP contribution < -0.4 is 0 Å². The monoisotopic (exact) mass is 561 g/mol. The fraction of sp³-hybridized carbons (Fsp3) is 0.767. The van der Waals surface area contributed by atoms with Crippen molar-refractivity contribution in [3.05, 3.63) is 25.3 Å². The van der Waals surface area contributed by atoms with Crippen LogP contribution in [0.15, 0.2) is 25.3 Å². The van der Waals surface area contributed by atoms with E-state index in [1.165, 1.54) is 0 Å². The smallest absolute Gasteiger partial charge is 0.312 e. The van der Waals surface area contributed by atoms with Crippen LogP contribution in [0.3, 0.4) is 0 Å². The van der Waals surface area contributed by atoms with Gasteiger partial charge in [0.05, 0.1) is 31.3 Å². The van der Waals surface area contributed by atoms with Gasteiger partial charge in [-0.1, -0.05) is 19.1 Å². The van der Waals surface area contributed by atoms with Crippen molar-refractivity contribution < 1.29 is 33.7 Å². The highest BCUT2D eigenvalue weighted by Gasteiger charge is 2.80. The molecule has 10 heteroatoms. The number of esters is 1. The molecule has 224 valence electrons. The number of likely N-dealkylation sites (tertiary alicyclic amines) is 1. The summed E-state index contributed by atoms with van der Waals surface area (Å²) in [5.41, 5.74) is -2.01. The summed E-state index contributed by atoms with van der Waals surface area (Å²) in [5.74, 6) is -2.45. The lowest BCUT2D eigenvalue weighted by molar-refractivity contribution is -0.162. The second-order valence-corrected chi connectivity index (χ2v) is 11.8. The maximum atomic E-state index is 14.4. The molecule has 0 radical (unpaired) electrons. The minimum absolute atomic E-state index is 0.00260. The maximum Gasteiger partial charge on any atom is 0.312 e. The maximum absolute atomic E-state index is 14.4. The van der Waals surface area contributed by atoms with Crippen molar-refractivity contribution in [2.24, 2.45) is 17.8 Å². The van der Waals surface area contributed by atoms with Crippen molar-refractivity contribution in [3.8, 4) is 0 Å². The van der Waals surface area contributed by atoms with Gasteiger partial charge in [-0.2, -0.15) is 0 Å². The molecule has 6 atom stereocenters. The summed E-state index contributed by atoms with van der Waals surface area (Å²) < 4.78 is 17.9. The molecule has 4 saturated heterocycles. The zero-order valence-electron chi connectivity index (χ0n) is 24.2. The van der Waals surface area contributed by atoms with Gasteiger partial charge in [-0.25, -0.2) is 0 Å². The standard InChI is InChI=1S/C30H47N3O7/c1-5-7-10-18-39-28(37)24-23-26(35)33(12-8-9-17-34)25(30(23)21-22(3)29(24,4)40-30)27(36)32(11-6-2)14-13-31-15-19-38-20-16-31/h5-6,22-25,34H,1-2,7-21H2,3-4H3/t22?,23-,24-,25?,29+,30?/m0/s1. The molecule has 10 nitrogen and oxygen atoms in total. The highest BCUT2D eigenvalue weighted by molar-refractivity contribution is 5.98. The van der Waals surface area contributed by atoms with Crippen molar-refractivity contribution >= 4 is 17.8 Å². The zero-order chi connectivity index (χ0) is 28.9. The molecule has 0 aromatic carbocycles. The lowest BCUT2D eigenvalue weighted by atomic mass is 9.62. The normalized spacial score (nSPS) is 33.2. The molecule has 2 bridgehead atoms. The molecular formula is C30H47N3O7. The number of unbranched alkanes of at least 4 members (excludes halogenated alkanes) is 2. The summed E-state index contributed by atoms with van der Waals surface area (Å²) in [4.78, 5) is 47.8. The predicted molar refractivity (Wildman–Crippen MR) is 149 cm³/mol. The van der Waals surface area contributed by atoms with Gasteiger partial charge in [0.1, 0.15) is 17.6 Å². The van der Waals surface area contributed by atoms with Gasteiger partial charge >= 0.3 is 5.97 Å². The second kappa shape index (κ2) is 13.1. The molecule has 4 aliphatic heterocycles. The lowest BCUT2D eigenvalue weighted by Crippen LogP contribution is -2.57. The Balaban J connectivity index is 1.63. The molecule has 4 fully saturated rings.